The summed E-state index contributed by atoms with van der Waals surface area (Å²) in [4.78, 5) is 11.5. The first-order chi connectivity index (χ1) is 9.74. The summed E-state index contributed by atoms with van der Waals surface area (Å²) in [5.41, 5.74) is 9.05. The molecule has 2 N–H and O–H groups in total. The molecule has 3 nitrogen and oxygen atoms in total. The monoisotopic (exact) mass is 269 g/mol. The highest BCUT2D eigenvalue weighted by Crippen LogP contribution is 2.20. The quantitative estimate of drug-likeness (QED) is 0.849. The van der Waals surface area contributed by atoms with Crippen LogP contribution >= 0.6 is 0 Å². The molecule has 0 aliphatic heterocycles. The van der Waals surface area contributed by atoms with E-state index in [0.29, 0.717) is 13.0 Å². The van der Waals surface area contributed by atoms with E-state index >= 15 is 0 Å². The van der Waals surface area contributed by atoms with Crippen molar-refractivity contribution in [3.8, 4) is 11.1 Å². The van der Waals surface area contributed by atoms with E-state index in [1.165, 1.54) is 12.7 Å². The Morgan fingerprint density at radius 1 is 1.05 bits per heavy atom. The Morgan fingerprint density at radius 3 is 2.20 bits per heavy atom. The third-order valence-corrected chi connectivity index (χ3v) is 3.36. The lowest BCUT2D eigenvalue weighted by molar-refractivity contribution is -0.145. The van der Waals surface area contributed by atoms with Crippen molar-refractivity contribution in [1.82, 2.24) is 0 Å². The van der Waals surface area contributed by atoms with E-state index in [1.807, 2.05) is 30.3 Å². The van der Waals surface area contributed by atoms with Gasteiger partial charge in [0.1, 0.15) is 0 Å². The second kappa shape index (κ2) is 6.87. The Bertz CT molecular complexity index is 549. The Balaban J connectivity index is 2.10. The van der Waals surface area contributed by atoms with Crippen LogP contribution in [-0.4, -0.2) is 19.6 Å². The van der Waals surface area contributed by atoms with Gasteiger partial charge in [-0.15, -0.1) is 0 Å². The first kappa shape index (κ1) is 14.3. The summed E-state index contributed by atoms with van der Waals surface area (Å²) in [5.74, 6) is -0.526. The molecule has 20 heavy (non-hydrogen) atoms. The lowest BCUT2D eigenvalue weighted by Gasteiger charge is -2.12. The van der Waals surface area contributed by atoms with Crippen molar-refractivity contribution in [2.45, 2.75) is 6.42 Å². The van der Waals surface area contributed by atoms with Gasteiger partial charge in [-0.1, -0.05) is 54.6 Å². The Kier molecular flexibility index (Phi) is 4.91. The van der Waals surface area contributed by atoms with E-state index in [4.69, 9.17) is 10.5 Å². The van der Waals surface area contributed by atoms with Gasteiger partial charge in [-0.25, -0.2) is 0 Å². The molecule has 104 valence electrons. The van der Waals surface area contributed by atoms with Crippen molar-refractivity contribution in [3.05, 3.63) is 60.2 Å². The van der Waals surface area contributed by atoms with Crippen LogP contribution in [-0.2, 0) is 16.0 Å². The van der Waals surface area contributed by atoms with Crippen LogP contribution in [0, 0.1) is 5.92 Å². The van der Waals surface area contributed by atoms with Crippen molar-refractivity contribution in [2.75, 3.05) is 13.7 Å². The molecule has 0 aliphatic carbocycles. The highest BCUT2D eigenvalue weighted by Gasteiger charge is 2.17. The second-order valence-electron chi connectivity index (χ2n) is 4.72. The number of nitrogens with two attached hydrogens (primary N) is 1. The van der Waals surface area contributed by atoms with Crippen LogP contribution in [0.4, 0.5) is 0 Å². The minimum absolute atomic E-state index is 0.250. The Hall–Kier alpha value is -2.13. The van der Waals surface area contributed by atoms with Gasteiger partial charge in [-0.05, 0) is 23.1 Å². The molecule has 0 saturated heterocycles. The van der Waals surface area contributed by atoms with E-state index < -0.39 is 0 Å². The van der Waals surface area contributed by atoms with E-state index in [1.54, 1.807) is 0 Å². The summed E-state index contributed by atoms with van der Waals surface area (Å²) >= 11 is 0. The molecule has 0 bridgehead atoms. The Labute approximate surface area is 119 Å². The topological polar surface area (TPSA) is 52.3 Å². The smallest absolute Gasteiger partial charge is 0.310 e. The van der Waals surface area contributed by atoms with Gasteiger partial charge < -0.3 is 10.5 Å². The standard InChI is InChI=1S/C17H19NO2/c1-20-17(19)16(12-18)11-13-7-9-15(10-8-13)14-5-3-2-4-6-14/h2-10,16H,11-12,18H2,1H3. The molecule has 3 heteroatoms. The largest absolute Gasteiger partial charge is 0.469 e. The van der Waals surface area contributed by atoms with E-state index in [-0.39, 0.29) is 11.9 Å². The molecule has 2 aromatic carbocycles. The molecule has 0 amide bonds. The predicted molar refractivity (Wildman–Crippen MR) is 80.1 cm³/mol. The number of methoxy groups -OCH3 is 1. The third-order valence-electron chi connectivity index (χ3n) is 3.36. The molecule has 0 heterocycles. The summed E-state index contributed by atoms with van der Waals surface area (Å²) in [6.45, 7) is 0.299. The highest BCUT2D eigenvalue weighted by molar-refractivity contribution is 5.73. The summed E-state index contributed by atoms with van der Waals surface area (Å²) in [5, 5.41) is 0. The average molecular weight is 269 g/mol. The zero-order chi connectivity index (χ0) is 14.4. The molecule has 2 aromatic rings. The number of carbonyl (C=O) groups is 1. The van der Waals surface area contributed by atoms with Crippen LogP contribution in [0.2, 0.25) is 0 Å². The minimum Gasteiger partial charge on any atom is -0.469 e. The van der Waals surface area contributed by atoms with Crippen LogP contribution < -0.4 is 5.73 Å². The maximum absolute atomic E-state index is 11.5. The van der Waals surface area contributed by atoms with Crippen LogP contribution in [0.3, 0.4) is 0 Å². The number of benzene rings is 2. The fourth-order valence-electron chi connectivity index (χ4n) is 2.18. The number of ether oxygens (including phenoxy) is 1. The van der Waals surface area contributed by atoms with Gasteiger partial charge in [-0.2, -0.15) is 0 Å². The van der Waals surface area contributed by atoms with Crippen LogP contribution in [0.15, 0.2) is 54.6 Å². The minimum atomic E-state index is -0.275. The molecule has 0 aromatic heterocycles. The zero-order valence-corrected chi connectivity index (χ0v) is 11.6. The van der Waals surface area contributed by atoms with Gasteiger partial charge in [0, 0.05) is 6.54 Å². The van der Waals surface area contributed by atoms with Crippen molar-refractivity contribution in [3.63, 3.8) is 0 Å². The molecule has 0 spiro atoms. The summed E-state index contributed by atoms with van der Waals surface area (Å²) in [6, 6.07) is 18.4. The summed E-state index contributed by atoms with van der Waals surface area (Å²) < 4.78 is 4.75. The van der Waals surface area contributed by atoms with Gasteiger partial charge in [0.15, 0.2) is 0 Å². The van der Waals surface area contributed by atoms with Crippen LogP contribution in [0.1, 0.15) is 5.56 Å². The fraction of sp³-hybridized carbons (Fsp3) is 0.235. The second-order valence-corrected chi connectivity index (χ2v) is 4.72. The number of rotatable bonds is 5. The number of hydrogen-bond donors (Lipinski definition) is 1. The van der Waals surface area contributed by atoms with Crippen molar-refractivity contribution in [1.29, 1.82) is 0 Å². The van der Waals surface area contributed by atoms with Gasteiger partial charge in [0.25, 0.3) is 0 Å². The van der Waals surface area contributed by atoms with E-state index in [0.717, 1.165) is 11.1 Å². The first-order valence-electron chi connectivity index (χ1n) is 6.67. The highest BCUT2D eigenvalue weighted by atomic mass is 16.5. The lowest BCUT2D eigenvalue weighted by atomic mass is 9.97. The molecule has 0 radical (unpaired) electrons. The first-order valence-corrected chi connectivity index (χ1v) is 6.67. The summed E-state index contributed by atoms with van der Waals surface area (Å²) in [6.07, 6.45) is 0.609. The predicted octanol–water partition coefficient (Wildman–Crippen LogP) is 2.64. The normalized spacial score (nSPS) is 11.9. The molecule has 2 rings (SSSR count). The number of carbonyl (C=O) groups excluding carboxylic acids is 1. The molecule has 0 saturated carbocycles. The number of esters is 1. The van der Waals surface area contributed by atoms with Gasteiger partial charge in [0.05, 0.1) is 13.0 Å². The third kappa shape index (κ3) is 3.45. The molecular formula is C17H19NO2. The van der Waals surface area contributed by atoms with E-state index in [2.05, 4.69) is 24.3 Å². The van der Waals surface area contributed by atoms with Gasteiger partial charge in [0.2, 0.25) is 0 Å². The summed E-state index contributed by atoms with van der Waals surface area (Å²) in [7, 11) is 1.39. The Morgan fingerprint density at radius 2 is 1.65 bits per heavy atom. The van der Waals surface area contributed by atoms with Crippen LogP contribution in [0.25, 0.3) is 11.1 Å². The zero-order valence-electron chi connectivity index (χ0n) is 11.6. The van der Waals surface area contributed by atoms with Gasteiger partial charge >= 0.3 is 5.97 Å². The van der Waals surface area contributed by atoms with Crippen LogP contribution in [0.5, 0.6) is 0 Å². The molecule has 1 unspecified atom stereocenters. The van der Waals surface area contributed by atoms with Gasteiger partial charge in [-0.3, -0.25) is 4.79 Å². The van der Waals surface area contributed by atoms with Crippen molar-refractivity contribution >= 4 is 5.97 Å². The maximum Gasteiger partial charge on any atom is 0.310 e. The molecule has 0 aliphatic rings. The fourth-order valence-corrected chi connectivity index (χ4v) is 2.18. The van der Waals surface area contributed by atoms with E-state index in [9.17, 15) is 4.79 Å². The molecular weight excluding hydrogens is 250 g/mol. The van der Waals surface area contributed by atoms with Crippen molar-refractivity contribution in [2.24, 2.45) is 11.7 Å². The number of hydrogen-bond acceptors (Lipinski definition) is 3. The SMILES string of the molecule is COC(=O)C(CN)Cc1ccc(-c2ccccc2)cc1. The molecule has 1 atom stereocenters. The maximum atomic E-state index is 11.5. The average Bonchev–Trinajstić information content (AvgIpc) is 2.53. The lowest BCUT2D eigenvalue weighted by Crippen LogP contribution is -2.26. The van der Waals surface area contributed by atoms with Crippen molar-refractivity contribution < 1.29 is 9.53 Å². The molecule has 0 fully saturated rings.